The van der Waals surface area contributed by atoms with E-state index >= 15 is 0 Å². The average Bonchev–Trinajstić information content (AvgIpc) is 3.37. The van der Waals surface area contributed by atoms with E-state index in [9.17, 15) is 0 Å². The highest BCUT2D eigenvalue weighted by Crippen LogP contribution is 2.34. The Bertz CT molecular complexity index is 954. The minimum absolute atomic E-state index is 0.0619. The summed E-state index contributed by atoms with van der Waals surface area (Å²) < 4.78 is 1.96. The maximum atomic E-state index is 6.25. The first kappa shape index (κ1) is 20.3. The number of piperazine rings is 1. The minimum atomic E-state index is -0.173. The molecule has 0 aliphatic carbocycles. The first-order valence-electron chi connectivity index (χ1n) is 9.92. The molecule has 6 nitrogen and oxygen atoms in total. The first-order chi connectivity index (χ1) is 13.8. The van der Waals surface area contributed by atoms with Crippen molar-refractivity contribution in [1.82, 2.24) is 25.1 Å². The molecule has 0 unspecified atom stereocenters. The smallest absolute Gasteiger partial charge is 0.174 e. The second-order valence-electron chi connectivity index (χ2n) is 8.49. The fourth-order valence-corrected chi connectivity index (χ4v) is 4.93. The van der Waals surface area contributed by atoms with Gasteiger partial charge in [-0.15, -0.1) is 16.4 Å². The fourth-order valence-electron chi connectivity index (χ4n) is 3.90. The fraction of sp³-hybridized carbons (Fsp3) is 0.476. The summed E-state index contributed by atoms with van der Waals surface area (Å²) >= 11 is 8.01. The number of tetrazole rings is 1. The number of hydrogen-bond acceptors (Lipinski definition) is 6. The standard InChI is InChI=1S/C21H27ClN6S/c1-15-7-8-16(22)14-17(15)26-9-11-27(12-10-26)19(18-6-5-13-29-18)20-23-24-25-28(20)21(2,3)4/h5-8,13-14,19H,9-12H2,1-4H3/t19-/m1/s1. The maximum absolute atomic E-state index is 6.25. The number of anilines is 1. The lowest BCUT2D eigenvalue weighted by molar-refractivity contribution is 0.194. The van der Waals surface area contributed by atoms with E-state index in [4.69, 9.17) is 11.6 Å². The molecule has 0 bridgehead atoms. The normalized spacial score (nSPS) is 16.9. The third-order valence-corrected chi connectivity index (χ3v) is 6.54. The SMILES string of the molecule is Cc1ccc(Cl)cc1N1CCN([C@H](c2cccs2)c2nnnn2C(C)(C)C)CC1. The van der Waals surface area contributed by atoms with E-state index in [1.165, 1.54) is 16.1 Å². The molecule has 1 atom stereocenters. The van der Waals surface area contributed by atoms with Gasteiger partial charge in [0.2, 0.25) is 0 Å². The topological polar surface area (TPSA) is 50.1 Å². The van der Waals surface area contributed by atoms with Crippen LogP contribution in [0.5, 0.6) is 0 Å². The Labute approximate surface area is 181 Å². The minimum Gasteiger partial charge on any atom is -0.369 e. The summed E-state index contributed by atoms with van der Waals surface area (Å²) in [6, 6.07) is 10.5. The van der Waals surface area contributed by atoms with Crippen molar-refractivity contribution in [2.75, 3.05) is 31.1 Å². The summed E-state index contributed by atoms with van der Waals surface area (Å²) in [5.41, 5.74) is 2.31. The Morgan fingerprint density at radius 3 is 2.52 bits per heavy atom. The third-order valence-electron chi connectivity index (χ3n) is 5.38. The van der Waals surface area contributed by atoms with Gasteiger partial charge in [-0.2, -0.15) is 0 Å². The summed E-state index contributed by atoms with van der Waals surface area (Å²) in [7, 11) is 0. The maximum Gasteiger partial charge on any atom is 0.174 e. The van der Waals surface area contributed by atoms with Crippen LogP contribution < -0.4 is 4.90 Å². The summed E-state index contributed by atoms with van der Waals surface area (Å²) in [4.78, 5) is 6.20. The van der Waals surface area contributed by atoms with Gasteiger partial charge in [-0.3, -0.25) is 4.90 Å². The average molecular weight is 431 g/mol. The second kappa shape index (κ2) is 8.05. The van der Waals surface area contributed by atoms with Crippen molar-refractivity contribution in [1.29, 1.82) is 0 Å². The molecule has 1 aliphatic heterocycles. The number of rotatable bonds is 4. The Hall–Kier alpha value is -1.96. The van der Waals surface area contributed by atoms with E-state index < -0.39 is 0 Å². The molecular weight excluding hydrogens is 404 g/mol. The highest BCUT2D eigenvalue weighted by atomic mass is 35.5. The van der Waals surface area contributed by atoms with E-state index in [1.54, 1.807) is 11.3 Å². The molecule has 1 fully saturated rings. The quantitative estimate of drug-likeness (QED) is 0.615. The zero-order chi connectivity index (χ0) is 20.6. The Kier molecular flexibility index (Phi) is 5.64. The molecule has 0 spiro atoms. The zero-order valence-electron chi connectivity index (χ0n) is 17.3. The Morgan fingerprint density at radius 1 is 1.10 bits per heavy atom. The first-order valence-corrected chi connectivity index (χ1v) is 11.2. The molecule has 0 amide bonds. The summed E-state index contributed by atoms with van der Waals surface area (Å²) in [5.74, 6) is 0.910. The summed E-state index contributed by atoms with van der Waals surface area (Å²) in [6.07, 6.45) is 0. The van der Waals surface area contributed by atoms with E-state index in [0.29, 0.717) is 0 Å². The number of aromatic nitrogens is 4. The van der Waals surface area contributed by atoms with Crippen LogP contribution in [0.1, 0.15) is 43.1 Å². The van der Waals surface area contributed by atoms with Crippen LogP contribution in [0.3, 0.4) is 0 Å². The monoisotopic (exact) mass is 430 g/mol. The number of benzene rings is 1. The van der Waals surface area contributed by atoms with Crippen LogP contribution in [-0.2, 0) is 5.54 Å². The van der Waals surface area contributed by atoms with Gasteiger partial charge in [0.05, 0.1) is 5.54 Å². The van der Waals surface area contributed by atoms with E-state index in [-0.39, 0.29) is 11.6 Å². The molecule has 1 aromatic carbocycles. The van der Waals surface area contributed by atoms with Crippen LogP contribution in [0.25, 0.3) is 0 Å². The van der Waals surface area contributed by atoms with Gasteiger partial charge in [0.1, 0.15) is 6.04 Å². The van der Waals surface area contributed by atoms with Gasteiger partial charge in [-0.05, 0) is 67.3 Å². The molecule has 3 aromatic rings. The zero-order valence-corrected chi connectivity index (χ0v) is 18.9. The van der Waals surface area contributed by atoms with Crippen LogP contribution in [0.2, 0.25) is 5.02 Å². The molecule has 0 saturated carbocycles. The molecule has 3 heterocycles. The second-order valence-corrected chi connectivity index (χ2v) is 9.91. The van der Waals surface area contributed by atoms with Gasteiger partial charge in [-0.1, -0.05) is 23.7 Å². The lowest BCUT2D eigenvalue weighted by atomic mass is 10.1. The van der Waals surface area contributed by atoms with E-state index in [0.717, 1.165) is 37.0 Å². The van der Waals surface area contributed by atoms with Crippen LogP contribution in [0, 0.1) is 6.92 Å². The van der Waals surface area contributed by atoms with Crippen molar-refractivity contribution >= 4 is 28.6 Å². The molecule has 1 saturated heterocycles. The highest BCUT2D eigenvalue weighted by Gasteiger charge is 2.33. The molecule has 4 rings (SSSR count). The van der Waals surface area contributed by atoms with Crippen molar-refractivity contribution < 1.29 is 0 Å². The summed E-state index contributed by atoms with van der Waals surface area (Å²) in [5, 5.41) is 15.7. The molecule has 2 aromatic heterocycles. The number of thiophene rings is 1. The van der Waals surface area contributed by atoms with Crippen molar-refractivity contribution in [2.24, 2.45) is 0 Å². The lowest BCUT2D eigenvalue weighted by Crippen LogP contribution is -2.48. The number of hydrogen-bond donors (Lipinski definition) is 0. The number of halogens is 1. The molecule has 0 radical (unpaired) electrons. The van der Waals surface area contributed by atoms with Crippen molar-refractivity contribution in [3.05, 3.63) is 57.0 Å². The van der Waals surface area contributed by atoms with E-state index in [2.05, 4.69) is 82.7 Å². The van der Waals surface area contributed by atoms with Gasteiger partial charge >= 0.3 is 0 Å². The van der Waals surface area contributed by atoms with Crippen LogP contribution in [0.4, 0.5) is 5.69 Å². The predicted molar refractivity (Wildman–Crippen MR) is 119 cm³/mol. The van der Waals surface area contributed by atoms with Crippen LogP contribution in [0.15, 0.2) is 35.7 Å². The number of nitrogens with zero attached hydrogens (tertiary/aromatic N) is 6. The highest BCUT2D eigenvalue weighted by molar-refractivity contribution is 7.10. The molecule has 1 aliphatic rings. The van der Waals surface area contributed by atoms with Gasteiger partial charge < -0.3 is 4.90 Å². The molecule has 154 valence electrons. The van der Waals surface area contributed by atoms with Crippen molar-refractivity contribution in [2.45, 2.75) is 39.3 Å². The third kappa shape index (κ3) is 4.17. The summed E-state index contributed by atoms with van der Waals surface area (Å²) in [6.45, 7) is 12.3. The largest absolute Gasteiger partial charge is 0.369 e. The van der Waals surface area contributed by atoms with E-state index in [1.807, 2.05) is 10.7 Å². The predicted octanol–water partition coefficient (Wildman–Crippen LogP) is 4.36. The van der Waals surface area contributed by atoms with Gasteiger partial charge in [0.15, 0.2) is 5.82 Å². The Balaban J connectivity index is 1.60. The van der Waals surface area contributed by atoms with Crippen LogP contribution >= 0.6 is 22.9 Å². The Morgan fingerprint density at radius 2 is 1.86 bits per heavy atom. The molecular formula is C21H27ClN6S. The number of aryl methyl sites for hydroxylation is 1. The molecule has 8 heteroatoms. The van der Waals surface area contributed by atoms with Gasteiger partial charge in [0, 0.05) is 41.8 Å². The van der Waals surface area contributed by atoms with Crippen molar-refractivity contribution in [3.63, 3.8) is 0 Å². The van der Waals surface area contributed by atoms with Gasteiger partial charge in [0.25, 0.3) is 0 Å². The van der Waals surface area contributed by atoms with Gasteiger partial charge in [-0.25, -0.2) is 4.68 Å². The van der Waals surface area contributed by atoms with Crippen molar-refractivity contribution in [3.8, 4) is 0 Å². The lowest BCUT2D eigenvalue weighted by Gasteiger charge is -2.40. The molecule has 29 heavy (non-hydrogen) atoms. The van der Waals surface area contributed by atoms with Crippen LogP contribution in [-0.4, -0.2) is 51.3 Å². The molecule has 0 N–H and O–H groups in total.